The van der Waals surface area contributed by atoms with Crippen LogP contribution in [0.4, 0.5) is 13.2 Å². The first-order valence-corrected chi connectivity index (χ1v) is 8.22. The van der Waals surface area contributed by atoms with E-state index in [1.54, 1.807) is 29.7 Å². The summed E-state index contributed by atoms with van der Waals surface area (Å²) in [4.78, 5) is 20.4. The van der Waals surface area contributed by atoms with Gasteiger partial charge in [-0.3, -0.25) is 14.2 Å². The highest BCUT2D eigenvalue weighted by atomic mass is 19.4. The van der Waals surface area contributed by atoms with Gasteiger partial charge < -0.3 is 10.1 Å². The number of imidazole rings is 1. The highest BCUT2D eigenvalue weighted by Gasteiger charge is 2.32. The largest absolute Gasteiger partial charge is 0.490 e. The molecule has 0 spiro atoms. The van der Waals surface area contributed by atoms with E-state index >= 15 is 0 Å². The second-order valence-corrected chi connectivity index (χ2v) is 5.78. The van der Waals surface area contributed by atoms with Crippen LogP contribution in [0.25, 0.3) is 5.65 Å². The Morgan fingerprint density at radius 2 is 2.07 bits per heavy atom. The molecule has 0 aliphatic carbocycles. The zero-order chi connectivity index (χ0) is 19.6. The van der Waals surface area contributed by atoms with Gasteiger partial charge in [0.05, 0.1) is 12.3 Å². The van der Waals surface area contributed by atoms with Gasteiger partial charge >= 0.3 is 6.18 Å². The molecule has 0 aliphatic rings. The molecule has 0 unspecified atom stereocenters. The van der Waals surface area contributed by atoms with Gasteiger partial charge in [0.25, 0.3) is 5.91 Å². The number of carbonyl (C=O) groups is 1. The smallest absolute Gasteiger partial charge is 0.433 e. The molecule has 0 atom stereocenters. The number of hydrogen-bond acceptors (Lipinski definition) is 4. The Morgan fingerprint density at radius 1 is 1.30 bits per heavy atom. The molecule has 3 aromatic rings. The first-order valence-electron chi connectivity index (χ1n) is 8.22. The fourth-order valence-corrected chi connectivity index (χ4v) is 2.66. The fraction of sp³-hybridized carbons (Fsp3) is 0.278. The summed E-state index contributed by atoms with van der Waals surface area (Å²) in [5.74, 6) is 0.169. The normalized spacial score (nSPS) is 11.6. The van der Waals surface area contributed by atoms with Crippen molar-refractivity contribution >= 4 is 11.6 Å². The number of amides is 1. The molecule has 3 heterocycles. The third kappa shape index (κ3) is 3.86. The van der Waals surface area contributed by atoms with Crippen LogP contribution in [0, 0.1) is 6.92 Å². The third-order valence-corrected chi connectivity index (χ3v) is 3.87. The molecule has 0 aromatic carbocycles. The van der Waals surface area contributed by atoms with E-state index in [9.17, 15) is 18.0 Å². The average Bonchev–Trinajstić information content (AvgIpc) is 2.96. The van der Waals surface area contributed by atoms with Crippen molar-refractivity contribution in [1.82, 2.24) is 19.7 Å². The number of carbonyl (C=O) groups excluding carboxylic acids is 1. The maximum atomic E-state index is 12.6. The average molecular weight is 378 g/mol. The SMILES string of the molecule is CCOc1cccn2c(C(=O)NCc3ccc(C(F)(F)F)nc3)c(C)nc12. The van der Waals surface area contributed by atoms with Crippen molar-refractivity contribution in [2.75, 3.05) is 6.61 Å². The molecule has 3 rings (SSSR count). The van der Waals surface area contributed by atoms with Gasteiger partial charge in [-0.05, 0) is 37.6 Å². The predicted octanol–water partition coefficient (Wildman–Crippen LogP) is 3.39. The van der Waals surface area contributed by atoms with Crippen LogP contribution in [0.15, 0.2) is 36.7 Å². The lowest BCUT2D eigenvalue weighted by molar-refractivity contribution is -0.141. The van der Waals surface area contributed by atoms with Crippen molar-refractivity contribution in [1.29, 1.82) is 0 Å². The topological polar surface area (TPSA) is 68.5 Å². The van der Waals surface area contributed by atoms with Gasteiger partial charge in [0, 0.05) is 18.9 Å². The summed E-state index contributed by atoms with van der Waals surface area (Å²) in [5.41, 5.74) is 0.867. The molecule has 0 radical (unpaired) electrons. The Hall–Kier alpha value is -3.10. The zero-order valence-corrected chi connectivity index (χ0v) is 14.7. The molecular weight excluding hydrogens is 361 g/mol. The lowest BCUT2D eigenvalue weighted by atomic mass is 10.2. The quantitative estimate of drug-likeness (QED) is 0.739. The van der Waals surface area contributed by atoms with E-state index in [1.165, 1.54) is 6.07 Å². The molecule has 1 N–H and O–H groups in total. The minimum Gasteiger partial charge on any atom is -0.490 e. The van der Waals surface area contributed by atoms with Gasteiger partial charge in [-0.2, -0.15) is 13.2 Å². The van der Waals surface area contributed by atoms with Crippen LogP contribution in [-0.4, -0.2) is 26.9 Å². The summed E-state index contributed by atoms with van der Waals surface area (Å²) in [7, 11) is 0. The molecule has 1 amide bonds. The zero-order valence-electron chi connectivity index (χ0n) is 14.7. The van der Waals surface area contributed by atoms with E-state index in [-0.39, 0.29) is 6.54 Å². The van der Waals surface area contributed by atoms with Crippen molar-refractivity contribution in [2.24, 2.45) is 0 Å². The summed E-state index contributed by atoms with van der Waals surface area (Å²) < 4.78 is 44.8. The van der Waals surface area contributed by atoms with Crippen molar-refractivity contribution in [3.63, 3.8) is 0 Å². The van der Waals surface area contributed by atoms with E-state index in [4.69, 9.17) is 4.74 Å². The maximum Gasteiger partial charge on any atom is 0.433 e. The van der Waals surface area contributed by atoms with Crippen LogP contribution in [0.1, 0.15) is 34.4 Å². The van der Waals surface area contributed by atoms with Gasteiger partial charge in [0.2, 0.25) is 0 Å². The van der Waals surface area contributed by atoms with Crippen LogP contribution in [0.5, 0.6) is 5.75 Å². The summed E-state index contributed by atoms with van der Waals surface area (Å²) in [6.07, 6.45) is -1.70. The van der Waals surface area contributed by atoms with Crippen LogP contribution in [0.3, 0.4) is 0 Å². The summed E-state index contributed by atoms with van der Waals surface area (Å²) >= 11 is 0. The molecule has 0 saturated heterocycles. The summed E-state index contributed by atoms with van der Waals surface area (Å²) in [6, 6.07) is 5.68. The van der Waals surface area contributed by atoms with Crippen LogP contribution in [-0.2, 0) is 12.7 Å². The molecule has 0 bridgehead atoms. The number of halogens is 3. The molecular formula is C18H17F3N4O2. The van der Waals surface area contributed by atoms with Gasteiger partial charge in [0.1, 0.15) is 11.4 Å². The Morgan fingerprint density at radius 3 is 2.70 bits per heavy atom. The van der Waals surface area contributed by atoms with E-state index in [0.29, 0.717) is 35.0 Å². The standard InChI is InChI=1S/C18H17F3N4O2/c1-3-27-13-5-4-8-25-15(11(2)24-16(13)25)17(26)23-10-12-6-7-14(22-9-12)18(19,20)21/h4-9H,3,10H2,1-2H3,(H,23,26). The van der Waals surface area contributed by atoms with E-state index in [2.05, 4.69) is 15.3 Å². The molecule has 0 saturated carbocycles. The van der Waals surface area contributed by atoms with E-state index in [0.717, 1.165) is 12.3 Å². The summed E-state index contributed by atoms with van der Waals surface area (Å²) in [5, 5.41) is 2.68. The van der Waals surface area contributed by atoms with Gasteiger partial charge in [-0.15, -0.1) is 0 Å². The number of pyridine rings is 2. The van der Waals surface area contributed by atoms with E-state index < -0.39 is 17.8 Å². The number of rotatable bonds is 5. The monoisotopic (exact) mass is 378 g/mol. The van der Waals surface area contributed by atoms with Crippen LogP contribution >= 0.6 is 0 Å². The molecule has 9 heteroatoms. The number of aromatic nitrogens is 3. The minimum atomic E-state index is -4.49. The molecule has 0 aliphatic heterocycles. The number of alkyl halides is 3. The minimum absolute atomic E-state index is 0.0434. The second kappa shape index (κ2) is 7.26. The van der Waals surface area contributed by atoms with Gasteiger partial charge in [0.15, 0.2) is 11.4 Å². The second-order valence-electron chi connectivity index (χ2n) is 5.78. The number of fused-ring (bicyclic) bond motifs is 1. The fourth-order valence-electron chi connectivity index (χ4n) is 2.66. The van der Waals surface area contributed by atoms with Gasteiger partial charge in [-0.1, -0.05) is 6.07 Å². The first-order chi connectivity index (χ1) is 12.8. The molecule has 27 heavy (non-hydrogen) atoms. The number of nitrogens with one attached hydrogen (secondary N) is 1. The van der Waals surface area contributed by atoms with Gasteiger partial charge in [-0.25, -0.2) is 4.98 Å². The first kappa shape index (κ1) is 18.7. The number of aryl methyl sites for hydroxylation is 1. The van der Waals surface area contributed by atoms with Crippen molar-refractivity contribution in [3.8, 4) is 5.75 Å². The molecule has 142 valence electrons. The third-order valence-electron chi connectivity index (χ3n) is 3.87. The lowest BCUT2D eigenvalue weighted by Crippen LogP contribution is -2.25. The highest BCUT2D eigenvalue weighted by Crippen LogP contribution is 2.27. The molecule has 6 nitrogen and oxygen atoms in total. The van der Waals surface area contributed by atoms with Crippen molar-refractivity contribution in [3.05, 3.63) is 59.3 Å². The van der Waals surface area contributed by atoms with Crippen LogP contribution in [0.2, 0.25) is 0 Å². The number of nitrogens with zero attached hydrogens (tertiary/aromatic N) is 3. The van der Waals surface area contributed by atoms with E-state index in [1.807, 2.05) is 6.92 Å². The van der Waals surface area contributed by atoms with Crippen molar-refractivity contribution in [2.45, 2.75) is 26.6 Å². The Labute approximate surface area is 153 Å². The molecule has 3 aromatic heterocycles. The number of hydrogen-bond donors (Lipinski definition) is 1. The molecule has 0 fully saturated rings. The van der Waals surface area contributed by atoms with Crippen molar-refractivity contribution < 1.29 is 22.7 Å². The van der Waals surface area contributed by atoms with Crippen LogP contribution < -0.4 is 10.1 Å². The predicted molar refractivity (Wildman–Crippen MR) is 91.5 cm³/mol. The highest BCUT2D eigenvalue weighted by molar-refractivity contribution is 5.94. The number of ether oxygens (including phenoxy) is 1. The Kier molecular flexibility index (Phi) is 5.02. The maximum absolute atomic E-state index is 12.6. The summed E-state index contributed by atoms with van der Waals surface area (Å²) in [6.45, 7) is 4.07. The Balaban J connectivity index is 1.79. The Bertz CT molecular complexity index is 965. The lowest BCUT2D eigenvalue weighted by Gasteiger charge is -2.09.